The highest BCUT2D eigenvalue weighted by molar-refractivity contribution is 7.14. The third-order valence-corrected chi connectivity index (χ3v) is 4.52. The van der Waals surface area contributed by atoms with Crippen molar-refractivity contribution in [1.82, 2.24) is 4.90 Å². The molecule has 1 fully saturated rings. The summed E-state index contributed by atoms with van der Waals surface area (Å²) in [5.41, 5.74) is 1.29. The summed E-state index contributed by atoms with van der Waals surface area (Å²) in [5, 5.41) is 9.63. The van der Waals surface area contributed by atoms with Crippen molar-refractivity contribution in [3.63, 3.8) is 0 Å². The van der Waals surface area contributed by atoms with Gasteiger partial charge in [0.15, 0.2) is 0 Å². The molecule has 2 heterocycles. The molecule has 18 heavy (non-hydrogen) atoms. The molecule has 4 heteroatoms. The predicted octanol–water partition coefficient (Wildman–Crippen LogP) is 2.61. The maximum absolute atomic E-state index is 12.3. The molecule has 0 bridgehead atoms. The Bertz CT molecular complexity index is 427. The van der Waals surface area contributed by atoms with Gasteiger partial charge in [0.1, 0.15) is 0 Å². The fraction of sp³-hybridized carbons (Fsp3) is 0.643. The van der Waals surface area contributed by atoms with Gasteiger partial charge < -0.3 is 10.0 Å². The van der Waals surface area contributed by atoms with E-state index in [1.165, 1.54) is 10.4 Å². The molecule has 0 unspecified atom stereocenters. The molecule has 0 aromatic carbocycles. The van der Waals surface area contributed by atoms with Crippen molar-refractivity contribution < 1.29 is 9.90 Å². The number of rotatable bonds is 3. The number of amides is 1. The molecule has 1 amide bonds. The van der Waals surface area contributed by atoms with Crippen LogP contribution in [0.2, 0.25) is 0 Å². The molecule has 1 N–H and O–H groups in total. The molecule has 1 aromatic heterocycles. The van der Waals surface area contributed by atoms with Crippen LogP contribution in [0.5, 0.6) is 0 Å². The number of carbonyl (C=O) groups is 1. The van der Waals surface area contributed by atoms with Crippen LogP contribution in [0.15, 0.2) is 6.07 Å². The largest absolute Gasteiger partial charge is 0.391 e. The third kappa shape index (κ3) is 2.93. The Morgan fingerprint density at radius 2 is 2.39 bits per heavy atom. The lowest BCUT2D eigenvalue weighted by Crippen LogP contribution is -2.41. The van der Waals surface area contributed by atoms with Crippen molar-refractivity contribution >= 4 is 17.2 Å². The minimum absolute atomic E-state index is 0.0872. The highest BCUT2D eigenvalue weighted by atomic mass is 32.1. The van der Waals surface area contributed by atoms with Crippen molar-refractivity contribution in [2.45, 2.75) is 45.6 Å². The number of hydrogen-bond acceptors (Lipinski definition) is 3. The smallest absolute Gasteiger partial charge is 0.264 e. The Kier molecular flexibility index (Phi) is 4.40. The highest BCUT2D eigenvalue weighted by Crippen LogP contribution is 2.25. The first-order chi connectivity index (χ1) is 8.61. The van der Waals surface area contributed by atoms with Gasteiger partial charge in [-0.25, -0.2) is 0 Å². The molecule has 1 atom stereocenters. The maximum Gasteiger partial charge on any atom is 0.264 e. The van der Waals surface area contributed by atoms with E-state index in [0.29, 0.717) is 6.54 Å². The molecule has 1 aliphatic heterocycles. The van der Waals surface area contributed by atoms with Gasteiger partial charge in [0.2, 0.25) is 0 Å². The summed E-state index contributed by atoms with van der Waals surface area (Å²) in [6.07, 6.45) is 3.51. The van der Waals surface area contributed by atoms with Gasteiger partial charge in [-0.3, -0.25) is 4.79 Å². The minimum Gasteiger partial charge on any atom is -0.391 e. The van der Waals surface area contributed by atoms with Gasteiger partial charge in [-0.2, -0.15) is 0 Å². The molecule has 0 aliphatic carbocycles. The second-order valence-electron chi connectivity index (χ2n) is 4.99. The zero-order chi connectivity index (χ0) is 13.1. The second-order valence-corrected chi connectivity index (χ2v) is 6.25. The summed E-state index contributed by atoms with van der Waals surface area (Å²) >= 11 is 1.58. The number of aliphatic hydroxyl groups excluding tert-OH is 1. The molecule has 0 radical (unpaired) electrons. The van der Waals surface area contributed by atoms with Crippen LogP contribution in [-0.4, -0.2) is 35.1 Å². The quantitative estimate of drug-likeness (QED) is 0.914. The van der Waals surface area contributed by atoms with Crippen molar-refractivity contribution in [2.24, 2.45) is 0 Å². The number of aryl methyl sites for hydroxylation is 2. The highest BCUT2D eigenvalue weighted by Gasteiger charge is 2.24. The number of likely N-dealkylation sites (tertiary alicyclic amines) is 1. The predicted molar refractivity (Wildman–Crippen MR) is 74.2 cm³/mol. The fourth-order valence-corrected chi connectivity index (χ4v) is 3.48. The Morgan fingerprint density at radius 1 is 1.61 bits per heavy atom. The molecule has 2 rings (SSSR count). The standard InChI is InChI=1S/C14H21NO2S/c1-3-5-11-8-13(18-10(11)2)14(17)15-7-4-6-12(16)9-15/h8,12,16H,3-7,9H2,1-2H3/t12-/m0/s1. The molecule has 0 spiro atoms. The molecule has 1 aromatic rings. The van der Waals surface area contributed by atoms with Crippen LogP contribution in [0.3, 0.4) is 0 Å². The molecule has 1 aliphatic rings. The van der Waals surface area contributed by atoms with E-state index in [1.807, 2.05) is 6.07 Å². The van der Waals surface area contributed by atoms with E-state index in [0.717, 1.165) is 37.1 Å². The average molecular weight is 267 g/mol. The van der Waals surface area contributed by atoms with Gasteiger partial charge in [0.25, 0.3) is 5.91 Å². The number of thiophene rings is 1. The van der Waals surface area contributed by atoms with Crippen LogP contribution < -0.4 is 0 Å². The lowest BCUT2D eigenvalue weighted by atomic mass is 10.1. The van der Waals surface area contributed by atoms with Crippen LogP contribution in [0, 0.1) is 6.92 Å². The number of hydrogen-bond donors (Lipinski definition) is 1. The molecular formula is C14H21NO2S. The fourth-order valence-electron chi connectivity index (χ4n) is 2.44. The zero-order valence-corrected chi connectivity index (χ0v) is 11.9. The summed E-state index contributed by atoms with van der Waals surface area (Å²) in [7, 11) is 0. The van der Waals surface area contributed by atoms with Gasteiger partial charge in [-0.05, 0) is 37.8 Å². The van der Waals surface area contributed by atoms with Crippen LogP contribution in [0.1, 0.15) is 46.3 Å². The summed E-state index contributed by atoms with van der Waals surface area (Å²) < 4.78 is 0. The Hall–Kier alpha value is -0.870. The summed E-state index contributed by atoms with van der Waals surface area (Å²) in [6.45, 7) is 5.49. The van der Waals surface area contributed by atoms with Gasteiger partial charge in [0.05, 0.1) is 11.0 Å². The van der Waals surface area contributed by atoms with Crippen molar-refractivity contribution in [1.29, 1.82) is 0 Å². The van der Waals surface area contributed by atoms with E-state index in [4.69, 9.17) is 0 Å². The molecule has 1 saturated heterocycles. The van der Waals surface area contributed by atoms with Crippen molar-refractivity contribution in [2.75, 3.05) is 13.1 Å². The van der Waals surface area contributed by atoms with E-state index >= 15 is 0 Å². The first kappa shape index (κ1) is 13.6. The average Bonchev–Trinajstić information content (AvgIpc) is 2.71. The first-order valence-corrected chi connectivity index (χ1v) is 7.50. The zero-order valence-electron chi connectivity index (χ0n) is 11.1. The van der Waals surface area contributed by atoms with Crippen molar-refractivity contribution in [3.05, 3.63) is 21.4 Å². The monoisotopic (exact) mass is 267 g/mol. The van der Waals surface area contributed by atoms with Gasteiger partial charge in [-0.15, -0.1) is 11.3 Å². The number of carbonyl (C=O) groups excluding carboxylic acids is 1. The van der Waals surface area contributed by atoms with E-state index in [2.05, 4.69) is 13.8 Å². The lowest BCUT2D eigenvalue weighted by Gasteiger charge is -2.29. The molecular weight excluding hydrogens is 246 g/mol. The summed E-state index contributed by atoms with van der Waals surface area (Å²) in [6, 6.07) is 2.03. The first-order valence-electron chi connectivity index (χ1n) is 6.68. The molecule has 3 nitrogen and oxygen atoms in total. The Labute approximate surface area is 112 Å². The van der Waals surface area contributed by atoms with E-state index < -0.39 is 0 Å². The second kappa shape index (κ2) is 5.85. The summed E-state index contributed by atoms with van der Waals surface area (Å²) in [5.74, 6) is 0.0872. The van der Waals surface area contributed by atoms with Crippen LogP contribution >= 0.6 is 11.3 Å². The number of nitrogens with zero attached hydrogens (tertiary/aromatic N) is 1. The summed E-state index contributed by atoms with van der Waals surface area (Å²) in [4.78, 5) is 16.2. The number of aliphatic hydroxyl groups is 1. The minimum atomic E-state index is -0.348. The van der Waals surface area contributed by atoms with E-state index in [-0.39, 0.29) is 12.0 Å². The van der Waals surface area contributed by atoms with Gasteiger partial charge in [-0.1, -0.05) is 13.3 Å². The van der Waals surface area contributed by atoms with Crippen LogP contribution in [0.25, 0.3) is 0 Å². The van der Waals surface area contributed by atoms with E-state index in [9.17, 15) is 9.90 Å². The van der Waals surface area contributed by atoms with Gasteiger partial charge >= 0.3 is 0 Å². The third-order valence-electron chi connectivity index (χ3n) is 3.43. The molecule has 100 valence electrons. The van der Waals surface area contributed by atoms with Crippen LogP contribution in [0.4, 0.5) is 0 Å². The number of piperidine rings is 1. The number of β-amino-alcohol motifs (C(OH)–C–C–N with tert-alkyl or cyclic N) is 1. The SMILES string of the molecule is CCCc1cc(C(=O)N2CCC[C@H](O)C2)sc1C. The normalized spacial score (nSPS) is 20.2. The maximum atomic E-state index is 12.3. The Balaban J connectivity index is 2.10. The van der Waals surface area contributed by atoms with E-state index in [1.54, 1.807) is 16.2 Å². The van der Waals surface area contributed by atoms with Crippen molar-refractivity contribution in [3.8, 4) is 0 Å². The Morgan fingerprint density at radius 3 is 3.06 bits per heavy atom. The lowest BCUT2D eigenvalue weighted by molar-refractivity contribution is 0.0477. The van der Waals surface area contributed by atoms with Crippen LogP contribution in [-0.2, 0) is 6.42 Å². The topological polar surface area (TPSA) is 40.5 Å². The van der Waals surface area contributed by atoms with Gasteiger partial charge in [0, 0.05) is 18.0 Å². The molecule has 0 saturated carbocycles.